The van der Waals surface area contributed by atoms with Crippen molar-refractivity contribution in [1.82, 2.24) is 4.90 Å². The van der Waals surface area contributed by atoms with Crippen molar-refractivity contribution in [3.63, 3.8) is 0 Å². The smallest absolute Gasteiger partial charge is 0.242 e. The topological polar surface area (TPSA) is 43.8 Å². The number of benzene rings is 1. The molecule has 2 atom stereocenters. The van der Waals surface area contributed by atoms with Crippen LogP contribution in [0.4, 0.5) is 5.69 Å². The molecule has 1 aromatic rings. The number of aliphatic hydroxyl groups excluding tert-OH is 1. The van der Waals surface area contributed by atoms with E-state index in [2.05, 4.69) is 6.92 Å². The molecule has 1 fully saturated rings. The molecule has 122 valence electrons. The third-order valence-corrected chi connectivity index (χ3v) is 4.77. The minimum atomic E-state index is 0.0473. The van der Waals surface area contributed by atoms with E-state index in [1.165, 1.54) is 19.3 Å². The second-order valence-electron chi connectivity index (χ2n) is 6.31. The number of rotatable bonds is 6. The van der Waals surface area contributed by atoms with Gasteiger partial charge >= 0.3 is 0 Å². The Balaban J connectivity index is 2.01. The maximum Gasteiger partial charge on any atom is 0.242 e. The molecule has 0 saturated heterocycles. The highest BCUT2D eigenvalue weighted by Crippen LogP contribution is 2.27. The van der Waals surface area contributed by atoms with Gasteiger partial charge in [0.15, 0.2) is 0 Å². The SMILES string of the molecule is CC1CCCCC1N(C)C(=O)CN(CCO)c1ccccc1. The number of hydrogen-bond acceptors (Lipinski definition) is 3. The van der Waals surface area contributed by atoms with Crippen molar-refractivity contribution in [2.75, 3.05) is 31.6 Å². The largest absolute Gasteiger partial charge is 0.395 e. The maximum absolute atomic E-state index is 12.6. The number of carbonyl (C=O) groups is 1. The van der Waals surface area contributed by atoms with Crippen molar-refractivity contribution < 1.29 is 9.90 Å². The summed E-state index contributed by atoms with van der Waals surface area (Å²) < 4.78 is 0. The molecule has 1 N–H and O–H groups in total. The fraction of sp³-hybridized carbons (Fsp3) is 0.611. The van der Waals surface area contributed by atoms with Gasteiger partial charge in [0.05, 0.1) is 13.2 Å². The first kappa shape index (κ1) is 16.8. The third kappa shape index (κ3) is 4.23. The second kappa shape index (κ2) is 8.18. The normalized spacial score (nSPS) is 21.4. The quantitative estimate of drug-likeness (QED) is 0.878. The first-order chi connectivity index (χ1) is 10.6. The van der Waals surface area contributed by atoms with Crippen LogP contribution in [-0.2, 0) is 4.79 Å². The number of hydrogen-bond donors (Lipinski definition) is 1. The Morgan fingerprint density at radius 1 is 1.23 bits per heavy atom. The highest BCUT2D eigenvalue weighted by molar-refractivity contribution is 5.81. The van der Waals surface area contributed by atoms with Crippen LogP contribution in [0.1, 0.15) is 32.6 Å². The summed E-state index contributed by atoms with van der Waals surface area (Å²) in [6.45, 7) is 3.09. The van der Waals surface area contributed by atoms with Crippen LogP contribution in [0.25, 0.3) is 0 Å². The van der Waals surface area contributed by atoms with Crippen LogP contribution in [0.2, 0.25) is 0 Å². The molecule has 1 amide bonds. The van der Waals surface area contributed by atoms with E-state index in [-0.39, 0.29) is 12.5 Å². The van der Waals surface area contributed by atoms with Crippen LogP contribution < -0.4 is 4.90 Å². The lowest BCUT2D eigenvalue weighted by atomic mass is 9.85. The average molecular weight is 304 g/mol. The van der Waals surface area contributed by atoms with Gasteiger partial charge < -0.3 is 14.9 Å². The molecule has 1 aromatic carbocycles. The van der Waals surface area contributed by atoms with Gasteiger partial charge in [-0.2, -0.15) is 0 Å². The first-order valence-electron chi connectivity index (χ1n) is 8.30. The molecule has 1 aliphatic rings. The maximum atomic E-state index is 12.6. The van der Waals surface area contributed by atoms with Crippen LogP contribution in [0.5, 0.6) is 0 Å². The molecule has 0 aliphatic heterocycles. The van der Waals surface area contributed by atoms with Gasteiger partial charge in [-0.3, -0.25) is 4.79 Å². The zero-order chi connectivity index (χ0) is 15.9. The van der Waals surface area contributed by atoms with Gasteiger partial charge in [0.25, 0.3) is 0 Å². The number of amides is 1. The standard InChI is InChI=1S/C18H28N2O2/c1-15-8-6-7-11-17(15)19(2)18(22)14-20(12-13-21)16-9-4-3-5-10-16/h3-5,9-10,15,17,21H,6-8,11-14H2,1-2H3. The number of anilines is 1. The van der Waals surface area contributed by atoms with E-state index in [1.807, 2.05) is 47.2 Å². The van der Waals surface area contributed by atoms with Crippen molar-refractivity contribution >= 4 is 11.6 Å². The fourth-order valence-corrected chi connectivity index (χ4v) is 3.39. The second-order valence-corrected chi connectivity index (χ2v) is 6.31. The Morgan fingerprint density at radius 3 is 2.55 bits per heavy atom. The zero-order valence-corrected chi connectivity index (χ0v) is 13.7. The molecule has 4 nitrogen and oxygen atoms in total. The highest BCUT2D eigenvalue weighted by Gasteiger charge is 2.28. The Morgan fingerprint density at radius 2 is 1.91 bits per heavy atom. The number of carbonyl (C=O) groups excluding carboxylic acids is 1. The molecule has 22 heavy (non-hydrogen) atoms. The molecule has 0 radical (unpaired) electrons. The lowest BCUT2D eigenvalue weighted by molar-refractivity contribution is -0.132. The van der Waals surface area contributed by atoms with Crippen molar-refractivity contribution in [3.8, 4) is 0 Å². The van der Waals surface area contributed by atoms with Crippen LogP contribution in [-0.4, -0.2) is 48.7 Å². The molecule has 2 rings (SSSR count). The molecular weight excluding hydrogens is 276 g/mol. The summed E-state index contributed by atoms with van der Waals surface area (Å²) in [4.78, 5) is 16.5. The summed E-state index contributed by atoms with van der Waals surface area (Å²) >= 11 is 0. The molecular formula is C18H28N2O2. The molecule has 4 heteroatoms. The van der Waals surface area contributed by atoms with E-state index in [4.69, 9.17) is 0 Å². The van der Waals surface area contributed by atoms with Gasteiger partial charge in [-0.1, -0.05) is 38.0 Å². The number of nitrogens with zero attached hydrogens (tertiary/aromatic N) is 2. The first-order valence-corrected chi connectivity index (χ1v) is 8.30. The molecule has 0 bridgehead atoms. The minimum Gasteiger partial charge on any atom is -0.395 e. The molecule has 0 spiro atoms. The predicted molar refractivity (Wildman–Crippen MR) is 89.9 cm³/mol. The van der Waals surface area contributed by atoms with E-state index in [0.29, 0.717) is 25.0 Å². The van der Waals surface area contributed by atoms with Crippen molar-refractivity contribution in [1.29, 1.82) is 0 Å². The van der Waals surface area contributed by atoms with Gasteiger partial charge in [-0.15, -0.1) is 0 Å². The van der Waals surface area contributed by atoms with Gasteiger partial charge in [-0.25, -0.2) is 0 Å². The van der Waals surface area contributed by atoms with E-state index in [9.17, 15) is 9.90 Å². The summed E-state index contributed by atoms with van der Waals surface area (Å²) in [5.74, 6) is 0.710. The monoisotopic (exact) mass is 304 g/mol. The highest BCUT2D eigenvalue weighted by atomic mass is 16.3. The fourth-order valence-electron chi connectivity index (χ4n) is 3.39. The zero-order valence-electron chi connectivity index (χ0n) is 13.7. The van der Waals surface area contributed by atoms with E-state index >= 15 is 0 Å². The molecule has 2 unspecified atom stereocenters. The van der Waals surface area contributed by atoms with Gasteiger partial charge in [-0.05, 0) is 30.9 Å². The van der Waals surface area contributed by atoms with E-state index in [1.54, 1.807) is 0 Å². The molecule has 1 aliphatic carbocycles. The van der Waals surface area contributed by atoms with Crippen LogP contribution >= 0.6 is 0 Å². The predicted octanol–water partition coefficient (Wildman–Crippen LogP) is 2.52. The summed E-state index contributed by atoms with van der Waals surface area (Å²) in [5.41, 5.74) is 0.981. The molecule has 1 saturated carbocycles. The van der Waals surface area contributed by atoms with Gasteiger partial charge in [0.1, 0.15) is 0 Å². The molecule has 0 aromatic heterocycles. The molecule has 0 heterocycles. The summed E-state index contributed by atoms with van der Waals surface area (Å²) in [6.07, 6.45) is 4.81. The Bertz CT molecular complexity index is 463. The number of likely N-dealkylation sites (N-methyl/N-ethyl adjacent to an activating group) is 1. The lowest BCUT2D eigenvalue weighted by Gasteiger charge is -2.37. The van der Waals surface area contributed by atoms with E-state index in [0.717, 1.165) is 12.1 Å². The lowest BCUT2D eigenvalue weighted by Crippen LogP contribution is -2.47. The van der Waals surface area contributed by atoms with E-state index < -0.39 is 0 Å². The van der Waals surface area contributed by atoms with Crippen LogP contribution in [0, 0.1) is 5.92 Å². The minimum absolute atomic E-state index is 0.0473. The summed E-state index contributed by atoms with van der Waals surface area (Å²) in [6, 6.07) is 10.2. The van der Waals surface area contributed by atoms with Crippen molar-refractivity contribution in [2.45, 2.75) is 38.6 Å². The Kier molecular flexibility index (Phi) is 6.25. The van der Waals surface area contributed by atoms with Gasteiger partial charge in [0, 0.05) is 25.3 Å². The van der Waals surface area contributed by atoms with Crippen LogP contribution in [0.3, 0.4) is 0 Å². The van der Waals surface area contributed by atoms with Gasteiger partial charge in [0.2, 0.25) is 5.91 Å². The Labute approximate surface area is 133 Å². The Hall–Kier alpha value is -1.55. The number of aliphatic hydroxyl groups is 1. The summed E-state index contributed by atoms with van der Waals surface area (Å²) in [5, 5.41) is 9.27. The van der Waals surface area contributed by atoms with Crippen molar-refractivity contribution in [2.24, 2.45) is 5.92 Å². The average Bonchev–Trinajstić information content (AvgIpc) is 2.55. The third-order valence-electron chi connectivity index (χ3n) is 4.77. The summed E-state index contributed by atoms with van der Waals surface area (Å²) in [7, 11) is 1.93. The number of para-hydroxylation sites is 1. The van der Waals surface area contributed by atoms with Crippen LogP contribution in [0.15, 0.2) is 30.3 Å². The van der Waals surface area contributed by atoms with Crippen molar-refractivity contribution in [3.05, 3.63) is 30.3 Å².